The van der Waals surface area contributed by atoms with Crippen molar-refractivity contribution in [3.8, 4) is 0 Å². The fourth-order valence-electron chi connectivity index (χ4n) is 1.51. The van der Waals surface area contributed by atoms with Crippen LogP contribution in [-0.2, 0) is 4.79 Å². The molecule has 0 aliphatic rings. The fourth-order valence-corrected chi connectivity index (χ4v) is 1.51. The number of rotatable bonds is 8. The Morgan fingerprint density at radius 3 is 2.00 bits per heavy atom. The first kappa shape index (κ1) is 13.4. The highest BCUT2D eigenvalue weighted by atomic mass is 16.1. The molecule has 0 rings (SSSR count). The van der Waals surface area contributed by atoms with Crippen LogP contribution >= 0.6 is 0 Å². The van der Waals surface area contributed by atoms with Gasteiger partial charge in [0, 0.05) is 18.5 Å². The summed E-state index contributed by atoms with van der Waals surface area (Å²) in [5.41, 5.74) is 0.759. The fraction of sp³-hybridized carbons (Fsp3) is 0.750. The van der Waals surface area contributed by atoms with Crippen molar-refractivity contribution < 1.29 is 4.79 Å². The minimum Gasteiger partial charge on any atom is -0.299 e. The summed E-state index contributed by atoms with van der Waals surface area (Å²) < 4.78 is 0. The van der Waals surface area contributed by atoms with Crippen LogP contribution in [0, 0.1) is 0 Å². The van der Waals surface area contributed by atoms with Crippen molar-refractivity contribution in [1.29, 1.82) is 0 Å². The van der Waals surface area contributed by atoms with E-state index in [1.807, 2.05) is 6.92 Å². The van der Waals surface area contributed by atoms with Crippen LogP contribution in [0.2, 0.25) is 0 Å². The molecule has 0 aromatic carbocycles. The molecule has 0 unspecified atom stereocenters. The molecule has 0 aromatic heterocycles. The van der Waals surface area contributed by atoms with Crippen molar-refractivity contribution in [2.75, 3.05) is 19.6 Å². The van der Waals surface area contributed by atoms with E-state index in [-0.39, 0.29) is 5.78 Å². The summed E-state index contributed by atoms with van der Waals surface area (Å²) in [4.78, 5) is 13.6. The number of Topliss-reactive ketones (excluding diaryl/α,β-unsaturated/α-hetero) is 1. The van der Waals surface area contributed by atoms with Crippen LogP contribution in [0.25, 0.3) is 0 Å². The molecule has 14 heavy (non-hydrogen) atoms. The van der Waals surface area contributed by atoms with E-state index in [4.69, 9.17) is 0 Å². The van der Waals surface area contributed by atoms with Gasteiger partial charge in [-0.1, -0.05) is 27.4 Å². The van der Waals surface area contributed by atoms with E-state index < -0.39 is 0 Å². The van der Waals surface area contributed by atoms with E-state index in [1.165, 1.54) is 0 Å². The average molecular weight is 197 g/mol. The van der Waals surface area contributed by atoms with Crippen molar-refractivity contribution in [1.82, 2.24) is 4.90 Å². The molecule has 0 N–H and O–H groups in total. The molecular formula is C12H23NO. The summed E-state index contributed by atoms with van der Waals surface area (Å²) in [5, 5.41) is 0. The van der Waals surface area contributed by atoms with Crippen molar-refractivity contribution in [2.24, 2.45) is 0 Å². The van der Waals surface area contributed by atoms with Crippen LogP contribution in [0.5, 0.6) is 0 Å². The van der Waals surface area contributed by atoms with Gasteiger partial charge < -0.3 is 0 Å². The Hall–Kier alpha value is -0.630. The van der Waals surface area contributed by atoms with Gasteiger partial charge >= 0.3 is 0 Å². The van der Waals surface area contributed by atoms with Crippen LogP contribution in [0.1, 0.15) is 40.0 Å². The third-order valence-electron chi connectivity index (χ3n) is 2.21. The molecule has 82 valence electrons. The molecule has 0 heterocycles. The molecule has 2 heteroatoms. The Labute approximate surface area is 88.0 Å². The Bertz CT molecular complexity index is 181. The van der Waals surface area contributed by atoms with Gasteiger partial charge in [0.25, 0.3) is 0 Å². The predicted octanol–water partition coefficient (Wildman–Crippen LogP) is 2.64. The van der Waals surface area contributed by atoms with Gasteiger partial charge in [-0.2, -0.15) is 0 Å². The SMILES string of the molecule is C=C(CN(CCC)CCC)C(=O)CC. The van der Waals surface area contributed by atoms with E-state index in [0.29, 0.717) is 6.42 Å². The van der Waals surface area contributed by atoms with Gasteiger partial charge in [-0.05, 0) is 25.9 Å². The molecule has 0 aromatic rings. The lowest BCUT2D eigenvalue weighted by atomic mass is 10.1. The lowest BCUT2D eigenvalue weighted by molar-refractivity contribution is -0.115. The zero-order chi connectivity index (χ0) is 11.0. The van der Waals surface area contributed by atoms with Gasteiger partial charge in [-0.25, -0.2) is 0 Å². The number of carbonyl (C=O) groups excluding carboxylic acids is 1. The highest BCUT2D eigenvalue weighted by Gasteiger charge is 2.09. The third-order valence-corrected chi connectivity index (χ3v) is 2.21. The lowest BCUT2D eigenvalue weighted by Gasteiger charge is -2.21. The monoisotopic (exact) mass is 197 g/mol. The Kier molecular flexibility index (Phi) is 7.40. The van der Waals surface area contributed by atoms with Crippen molar-refractivity contribution in [2.45, 2.75) is 40.0 Å². The van der Waals surface area contributed by atoms with E-state index in [9.17, 15) is 4.79 Å². The number of nitrogens with zero attached hydrogens (tertiary/aromatic N) is 1. The molecule has 0 atom stereocenters. The molecule has 0 fully saturated rings. The molecular weight excluding hydrogens is 174 g/mol. The first-order chi connectivity index (χ1) is 6.65. The zero-order valence-corrected chi connectivity index (χ0v) is 9.81. The first-order valence-corrected chi connectivity index (χ1v) is 5.58. The quantitative estimate of drug-likeness (QED) is 0.558. The number of ketones is 1. The second kappa shape index (κ2) is 7.74. The lowest BCUT2D eigenvalue weighted by Crippen LogP contribution is -2.29. The average Bonchev–Trinajstić information content (AvgIpc) is 2.17. The molecule has 0 aliphatic heterocycles. The van der Waals surface area contributed by atoms with Gasteiger partial charge in [-0.3, -0.25) is 9.69 Å². The van der Waals surface area contributed by atoms with Crippen LogP contribution in [0.15, 0.2) is 12.2 Å². The predicted molar refractivity (Wildman–Crippen MR) is 61.5 cm³/mol. The maximum atomic E-state index is 11.3. The van der Waals surface area contributed by atoms with Crippen LogP contribution in [0.4, 0.5) is 0 Å². The Morgan fingerprint density at radius 1 is 1.14 bits per heavy atom. The molecule has 0 amide bonds. The highest BCUT2D eigenvalue weighted by molar-refractivity contribution is 5.94. The molecule has 0 radical (unpaired) electrons. The molecule has 0 saturated heterocycles. The summed E-state index contributed by atoms with van der Waals surface area (Å²) >= 11 is 0. The molecule has 0 bridgehead atoms. The van der Waals surface area contributed by atoms with Crippen molar-refractivity contribution in [3.05, 3.63) is 12.2 Å². The standard InChI is InChI=1S/C12H23NO/c1-5-8-13(9-6-2)10-11(4)12(14)7-3/h4-10H2,1-3H3. The van der Waals surface area contributed by atoms with Crippen LogP contribution < -0.4 is 0 Å². The zero-order valence-electron chi connectivity index (χ0n) is 9.81. The molecule has 0 saturated carbocycles. The van der Waals surface area contributed by atoms with Gasteiger partial charge in [0.05, 0.1) is 0 Å². The summed E-state index contributed by atoms with van der Waals surface area (Å²) in [6, 6.07) is 0. The number of hydrogen-bond acceptors (Lipinski definition) is 2. The van der Waals surface area contributed by atoms with Gasteiger partial charge in [0.15, 0.2) is 5.78 Å². The number of hydrogen-bond donors (Lipinski definition) is 0. The topological polar surface area (TPSA) is 20.3 Å². The number of carbonyl (C=O) groups is 1. The van der Waals surface area contributed by atoms with Gasteiger partial charge in [0.1, 0.15) is 0 Å². The largest absolute Gasteiger partial charge is 0.299 e. The van der Waals surface area contributed by atoms with Gasteiger partial charge in [0.2, 0.25) is 0 Å². The second-order valence-electron chi connectivity index (χ2n) is 3.66. The third kappa shape index (κ3) is 5.18. The van der Waals surface area contributed by atoms with Crippen molar-refractivity contribution in [3.63, 3.8) is 0 Å². The minimum absolute atomic E-state index is 0.196. The first-order valence-electron chi connectivity index (χ1n) is 5.58. The molecule has 0 aliphatic carbocycles. The maximum absolute atomic E-state index is 11.3. The second-order valence-corrected chi connectivity index (χ2v) is 3.66. The van der Waals surface area contributed by atoms with E-state index in [1.54, 1.807) is 0 Å². The smallest absolute Gasteiger partial charge is 0.159 e. The van der Waals surface area contributed by atoms with Crippen molar-refractivity contribution >= 4 is 5.78 Å². The summed E-state index contributed by atoms with van der Waals surface area (Å²) in [6.07, 6.45) is 2.84. The Balaban J connectivity index is 4.01. The van der Waals surface area contributed by atoms with E-state index in [2.05, 4.69) is 25.3 Å². The summed E-state index contributed by atoms with van der Waals surface area (Å²) in [7, 11) is 0. The minimum atomic E-state index is 0.196. The van der Waals surface area contributed by atoms with Crippen LogP contribution in [-0.4, -0.2) is 30.3 Å². The molecule has 2 nitrogen and oxygen atoms in total. The van der Waals surface area contributed by atoms with Crippen LogP contribution in [0.3, 0.4) is 0 Å². The molecule has 0 spiro atoms. The summed E-state index contributed by atoms with van der Waals surface area (Å²) in [6.45, 7) is 12.9. The van der Waals surface area contributed by atoms with E-state index in [0.717, 1.165) is 38.0 Å². The highest BCUT2D eigenvalue weighted by Crippen LogP contribution is 2.03. The van der Waals surface area contributed by atoms with E-state index >= 15 is 0 Å². The van der Waals surface area contributed by atoms with Gasteiger partial charge in [-0.15, -0.1) is 0 Å². The Morgan fingerprint density at radius 2 is 1.64 bits per heavy atom. The normalized spacial score (nSPS) is 10.6. The maximum Gasteiger partial charge on any atom is 0.159 e. The summed E-state index contributed by atoms with van der Waals surface area (Å²) in [5.74, 6) is 0.196.